The maximum absolute atomic E-state index is 11.8. The van der Waals surface area contributed by atoms with Crippen molar-refractivity contribution in [3.8, 4) is 11.6 Å². The number of pyridine rings is 1. The summed E-state index contributed by atoms with van der Waals surface area (Å²) in [4.78, 5) is 28.5. The van der Waals surface area contributed by atoms with Crippen molar-refractivity contribution in [1.29, 1.82) is 0 Å². The average molecular weight is 477 g/mol. The minimum absolute atomic E-state index is 0.177. The highest BCUT2D eigenvalue weighted by Crippen LogP contribution is 2.23. The van der Waals surface area contributed by atoms with Crippen LogP contribution in [0.5, 0.6) is 5.75 Å². The highest BCUT2D eigenvalue weighted by Gasteiger charge is 2.24. The van der Waals surface area contributed by atoms with Gasteiger partial charge >= 0.3 is 5.97 Å². The van der Waals surface area contributed by atoms with Gasteiger partial charge < -0.3 is 14.4 Å². The number of aromatic nitrogens is 10. The normalized spacial score (nSPS) is 14.1. The molecule has 0 amide bonds. The van der Waals surface area contributed by atoms with E-state index in [9.17, 15) is 4.79 Å². The molecule has 4 aromatic heterocycles. The molecule has 5 heterocycles. The number of anilines is 1. The van der Waals surface area contributed by atoms with Crippen molar-refractivity contribution in [3.63, 3.8) is 0 Å². The molecule has 0 atom stereocenters. The number of tetrazole rings is 1. The maximum Gasteiger partial charge on any atom is 0.341 e. The van der Waals surface area contributed by atoms with Gasteiger partial charge in [-0.3, -0.25) is 0 Å². The van der Waals surface area contributed by atoms with Gasteiger partial charge in [-0.2, -0.15) is 19.7 Å². The standard InChI is InChI=1S/C21H23N11O3/c1-2-34-20(33)15-9-23-21(24-10-15)30-7-5-17(6-8-30)32-26-11-16(27-32)13-35-18-3-4-19(22-12-18)31-14-25-28-29-31/h3-4,9-12,14,17H,2,5-8,13H2,1H3. The molecule has 0 unspecified atom stereocenters. The third-order valence-corrected chi connectivity index (χ3v) is 5.47. The predicted octanol–water partition coefficient (Wildman–Crippen LogP) is 1.04. The molecular formula is C21H23N11O3. The summed E-state index contributed by atoms with van der Waals surface area (Å²) in [5.41, 5.74) is 1.08. The molecule has 4 aromatic rings. The number of nitrogens with zero attached hydrogens (tertiary/aromatic N) is 11. The fraction of sp³-hybridized carbons (Fsp3) is 0.381. The van der Waals surface area contributed by atoms with E-state index in [4.69, 9.17) is 9.47 Å². The number of piperidine rings is 1. The summed E-state index contributed by atoms with van der Waals surface area (Å²) in [6.07, 6.45) is 9.50. The Bertz CT molecular complexity index is 1230. The monoisotopic (exact) mass is 477 g/mol. The van der Waals surface area contributed by atoms with Crippen LogP contribution in [0.1, 0.15) is 41.9 Å². The first-order valence-electron chi connectivity index (χ1n) is 11.2. The van der Waals surface area contributed by atoms with Crippen molar-refractivity contribution < 1.29 is 14.3 Å². The Balaban J connectivity index is 1.11. The van der Waals surface area contributed by atoms with Crippen molar-refractivity contribution in [3.05, 3.63) is 54.5 Å². The van der Waals surface area contributed by atoms with Crippen LogP contribution in [0.3, 0.4) is 0 Å². The first-order chi connectivity index (χ1) is 17.2. The Morgan fingerprint density at radius 3 is 2.60 bits per heavy atom. The molecular weight excluding hydrogens is 454 g/mol. The second kappa shape index (κ2) is 10.2. The quantitative estimate of drug-likeness (QED) is 0.333. The van der Waals surface area contributed by atoms with Crippen LogP contribution in [0.25, 0.3) is 5.82 Å². The van der Waals surface area contributed by atoms with Gasteiger partial charge in [-0.25, -0.2) is 19.7 Å². The zero-order chi connectivity index (χ0) is 24.0. The van der Waals surface area contributed by atoms with Crippen LogP contribution in [0.15, 0.2) is 43.2 Å². The fourth-order valence-electron chi connectivity index (χ4n) is 3.67. The van der Waals surface area contributed by atoms with Gasteiger partial charge in [0, 0.05) is 25.5 Å². The first kappa shape index (κ1) is 22.3. The second-order valence-corrected chi connectivity index (χ2v) is 7.76. The minimum Gasteiger partial charge on any atom is -0.486 e. The van der Waals surface area contributed by atoms with Crippen molar-refractivity contribution in [2.45, 2.75) is 32.4 Å². The topological polar surface area (TPSA) is 152 Å². The molecule has 180 valence electrons. The molecule has 1 fully saturated rings. The van der Waals surface area contributed by atoms with Gasteiger partial charge in [-0.15, -0.1) is 5.10 Å². The van der Waals surface area contributed by atoms with Crippen LogP contribution in [-0.4, -0.2) is 75.8 Å². The molecule has 0 radical (unpaired) electrons. The molecule has 14 heteroatoms. The smallest absolute Gasteiger partial charge is 0.341 e. The van der Waals surface area contributed by atoms with Crippen LogP contribution < -0.4 is 9.64 Å². The molecule has 0 spiro atoms. The Morgan fingerprint density at radius 1 is 1.09 bits per heavy atom. The predicted molar refractivity (Wildman–Crippen MR) is 120 cm³/mol. The number of ether oxygens (including phenoxy) is 2. The molecule has 35 heavy (non-hydrogen) atoms. The van der Waals surface area contributed by atoms with Crippen LogP contribution in [-0.2, 0) is 11.3 Å². The lowest BCUT2D eigenvalue weighted by atomic mass is 10.1. The largest absolute Gasteiger partial charge is 0.486 e. The number of hydrogen-bond acceptors (Lipinski definition) is 12. The van der Waals surface area contributed by atoms with E-state index in [0.717, 1.165) is 31.6 Å². The van der Waals surface area contributed by atoms with E-state index in [-0.39, 0.29) is 12.6 Å². The van der Waals surface area contributed by atoms with Gasteiger partial charge in [0.05, 0.1) is 30.6 Å². The zero-order valence-electron chi connectivity index (χ0n) is 19.0. The van der Waals surface area contributed by atoms with E-state index in [1.54, 1.807) is 36.2 Å². The Labute approximate surface area is 199 Å². The average Bonchev–Trinajstić information content (AvgIpc) is 3.61. The molecule has 1 aliphatic rings. The number of carbonyl (C=O) groups excluding carboxylic acids is 1. The highest BCUT2D eigenvalue weighted by molar-refractivity contribution is 5.88. The summed E-state index contributed by atoms with van der Waals surface area (Å²) >= 11 is 0. The Kier molecular flexibility index (Phi) is 6.50. The molecule has 0 N–H and O–H groups in total. The summed E-state index contributed by atoms with van der Waals surface area (Å²) < 4.78 is 12.2. The highest BCUT2D eigenvalue weighted by atomic mass is 16.5. The summed E-state index contributed by atoms with van der Waals surface area (Å²) in [7, 11) is 0. The Morgan fingerprint density at radius 2 is 1.91 bits per heavy atom. The fourth-order valence-corrected chi connectivity index (χ4v) is 3.67. The van der Waals surface area contributed by atoms with Gasteiger partial charge in [-0.05, 0) is 42.3 Å². The Hall–Kier alpha value is -4.49. The van der Waals surface area contributed by atoms with Crippen LogP contribution in [0, 0.1) is 0 Å². The van der Waals surface area contributed by atoms with Crippen molar-refractivity contribution in [2.75, 3.05) is 24.6 Å². The molecule has 0 aliphatic carbocycles. The van der Waals surface area contributed by atoms with Gasteiger partial charge in [0.25, 0.3) is 0 Å². The third-order valence-electron chi connectivity index (χ3n) is 5.47. The van der Waals surface area contributed by atoms with Gasteiger partial charge in [0.15, 0.2) is 5.82 Å². The van der Waals surface area contributed by atoms with E-state index in [1.165, 1.54) is 23.4 Å². The zero-order valence-corrected chi connectivity index (χ0v) is 19.0. The molecule has 5 rings (SSSR count). The number of rotatable bonds is 8. The SMILES string of the molecule is CCOC(=O)c1cnc(N2CCC(n3ncc(COc4ccc(-n5cnnn5)nc4)n3)CC2)nc1. The molecule has 0 saturated carbocycles. The van der Waals surface area contributed by atoms with Gasteiger partial charge in [-0.1, -0.05) is 0 Å². The van der Waals surface area contributed by atoms with Crippen LogP contribution in [0.4, 0.5) is 5.95 Å². The lowest BCUT2D eigenvalue weighted by Crippen LogP contribution is -2.36. The van der Waals surface area contributed by atoms with Crippen LogP contribution >= 0.6 is 0 Å². The summed E-state index contributed by atoms with van der Waals surface area (Å²) in [5, 5.41) is 20.0. The summed E-state index contributed by atoms with van der Waals surface area (Å²) in [5.74, 6) is 1.39. The second-order valence-electron chi connectivity index (χ2n) is 7.76. The van der Waals surface area contributed by atoms with E-state index in [2.05, 4.69) is 45.6 Å². The van der Waals surface area contributed by atoms with Crippen LogP contribution in [0.2, 0.25) is 0 Å². The van der Waals surface area contributed by atoms with E-state index in [1.807, 2.05) is 0 Å². The van der Waals surface area contributed by atoms with Gasteiger partial charge in [0.1, 0.15) is 24.4 Å². The molecule has 14 nitrogen and oxygen atoms in total. The van der Waals surface area contributed by atoms with E-state index in [0.29, 0.717) is 29.7 Å². The summed E-state index contributed by atoms with van der Waals surface area (Å²) in [6.45, 7) is 3.88. The molecule has 1 saturated heterocycles. The van der Waals surface area contributed by atoms with Crippen molar-refractivity contribution >= 4 is 11.9 Å². The number of hydrogen-bond donors (Lipinski definition) is 0. The summed E-state index contributed by atoms with van der Waals surface area (Å²) in [6, 6.07) is 3.74. The molecule has 0 bridgehead atoms. The van der Waals surface area contributed by atoms with E-state index >= 15 is 0 Å². The van der Waals surface area contributed by atoms with E-state index < -0.39 is 5.97 Å². The number of carbonyl (C=O) groups is 1. The first-order valence-corrected chi connectivity index (χ1v) is 11.2. The molecule has 0 aromatic carbocycles. The lowest BCUT2D eigenvalue weighted by molar-refractivity contribution is 0.0525. The minimum atomic E-state index is -0.417. The molecule has 1 aliphatic heterocycles. The van der Waals surface area contributed by atoms with Gasteiger partial charge in [0.2, 0.25) is 5.95 Å². The van der Waals surface area contributed by atoms with Crippen molar-refractivity contribution in [2.24, 2.45) is 0 Å². The maximum atomic E-state index is 11.8. The third kappa shape index (κ3) is 5.20. The lowest BCUT2D eigenvalue weighted by Gasteiger charge is -2.31. The number of esters is 1. The van der Waals surface area contributed by atoms with Crippen molar-refractivity contribution in [1.82, 2.24) is 50.2 Å².